The summed E-state index contributed by atoms with van der Waals surface area (Å²) in [5.74, 6) is -0.148. The highest BCUT2D eigenvalue weighted by Gasteiger charge is 2.22. The number of pyridine rings is 1. The number of nitrogen functional groups attached to an aromatic ring is 1. The maximum absolute atomic E-state index is 12.6. The molecule has 0 unspecified atom stereocenters. The molecule has 0 aliphatic carbocycles. The third-order valence-corrected chi connectivity index (χ3v) is 3.39. The minimum atomic E-state index is -0.148. The summed E-state index contributed by atoms with van der Waals surface area (Å²) in [6.07, 6.45) is 0.704. The number of aryl methyl sites for hydroxylation is 3. The molecule has 0 bridgehead atoms. The predicted octanol–water partition coefficient (Wildman–Crippen LogP) is 1.54. The lowest BCUT2D eigenvalue weighted by Crippen LogP contribution is -2.29. The van der Waals surface area contributed by atoms with Gasteiger partial charge in [-0.25, -0.2) is 0 Å². The number of nitrogens with zero attached hydrogens (tertiary/aromatic N) is 4. The Kier molecular flexibility index (Phi) is 4.26. The van der Waals surface area contributed by atoms with Gasteiger partial charge < -0.3 is 10.6 Å². The molecule has 21 heavy (non-hydrogen) atoms. The van der Waals surface area contributed by atoms with Crippen LogP contribution in [0.2, 0.25) is 0 Å². The van der Waals surface area contributed by atoms with Gasteiger partial charge in [-0.15, -0.1) is 0 Å². The molecule has 0 atom stereocenters. The fourth-order valence-electron chi connectivity index (χ4n) is 2.29. The standard InChI is InChI=1S/C15H21N5O/c1-5-12-13(16)14(20(4)18-12)15(21)19(3)9-11-8-6-7-10(2)17-11/h6-8H,5,9,16H2,1-4H3. The van der Waals surface area contributed by atoms with Crippen LogP contribution in [0.5, 0.6) is 0 Å². The van der Waals surface area contributed by atoms with Crippen LogP contribution in [-0.2, 0) is 20.0 Å². The summed E-state index contributed by atoms with van der Waals surface area (Å²) < 4.78 is 1.55. The van der Waals surface area contributed by atoms with Gasteiger partial charge in [0.2, 0.25) is 0 Å². The van der Waals surface area contributed by atoms with Crippen LogP contribution in [0.4, 0.5) is 5.69 Å². The molecule has 2 aromatic heterocycles. The van der Waals surface area contributed by atoms with Gasteiger partial charge in [-0.1, -0.05) is 13.0 Å². The van der Waals surface area contributed by atoms with Gasteiger partial charge in [-0.05, 0) is 25.5 Å². The van der Waals surface area contributed by atoms with Gasteiger partial charge in [-0.3, -0.25) is 14.5 Å². The third kappa shape index (κ3) is 3.04. The molecule has 2 aromatic rings. The molecule has 0 saturated carbocycles. The summed E-state index contributed by atoms with van der Waals surface area (Å²) in [5, 5.41) is 4.28. The molecule has 0 radical (unpaired) electrons. The van der Waals surface area contributed by atoms with Crippen LogP contribution in [0, 0.1) is 6.92 Å². The topological polar surface area (TPSA) is 77.0 Å². The summed E-state index contributed by atoms with van der Waals surface area (Å²) in [5.41, 5.74) is 9.46. The first-order chi connectivity index (χ1) is 9.93. The van der Waals surface area contributed by atoms with Crippen LogP contribution in [0.1, 0.15) is 34.5 Å². The average Bonchev–Trinajstić information content (AvgIpc) is 2.72. The summed E-state index contributed by atoms with van der Waals surface area (Å²) in [6.45, 7) is 4.33. The normalized spacial score (nSPS) is 10.7. The summed E-state index contributed by atoms with van der Waals surface area (Å²) in [6, 6.07) is 5.77. The molecule has 1 amide bonds. The maximum atomic E-state index is 12.6. The number of anilines is 1. The monoisotopic (exact) mass is 287 g/mol. The minimum absolute atomic E-state index is 0.148. The Hall–Kier alpha value is -2.37. The number of carbonyl (C=O) groups excluding carboxylic acids is 1. The van der Waals surface area contributed by atoms with Crippen LogP contribution >= 0.6 is 0 Å². The van der Waals surface area contributed by atoms with Gasteiger partial charge in [-0.2, -0.15) is 5.10 Å². The Morgan fingerprint density at radius 3 is 2.71 bits per heavy atom. The van der Waals surface area contributed by atoms with Crippen molar-refractivity contribution in [2.45, 2.75) is 26.8 Å². The van der Waals surface area contributed by atoms with E-state index in [4.69, 9.17) is 5.73 Å². The van der Waals surface area contributed by atoms with Gasteiger partial charge in [0.1, 0.15) is 5.69 Å². The predicted molar refractivity (Wildman–Crippen MR) is 81.8 cm³/mol. The highest BCUT2D eigenvalue weighted by molar-refractivity contribution is 5.97. The van der Waals surface area contributed by atoms with E-state index in [9.17, 15) is 4.79 Å². The first kappa shape index (κ1) is 15.0. The largest absolute Gasteiger partial charge is 0.395 e. The quantitative estimate of drug-likeness (QED) is 0.925. The molecular weight excluding hydrogens is 266 g/mol. The van der Waals surface area contributed by atoms with E-state index in [0.29, 0.717) is 24.3 Å². The van der Waals surface area contributed by atoms with Crippen molar-refractivity contribution >= 4 is 11.6 Å². The number of carbonyl (C=O) groups is 1. The molecule has 2 rings (SSSR count). The zero-order valence-electron chi connectivity index (χ0n) is 12.9. The molecule has 0 saturated heterocycles. The van der Waals surface area contributed by atoms with Crippen molar-refractivity contribution in [3.63, 3.8) is 0 Å². The second kappa shape index (κ2) is 5.95. The lowest BCUT2D eigenvalue weighted by Gasteiger charge is -2.17. The number of hydrogen-bond donors (Lipinski definition) is 1. The fourth-order valence-corrected chi connectivity index (χ4v) is 2.29. The van der Waals surface area contributed by atoms with Gasteiger partial charge in [0.25, 0.3) is 5.91 Å². The Morgan fingerprint density at radius 1 is 1.43 bits per heavy atom. The molecular formula is C15H21N5O. The van der Waals surface area contributed by atoms with E-state index in [0.717, 1.165) is 17.1 Å². The van der Waals surface area contributed by atoms with Crippen molar-refractivity contribution in [3.8, 4) is 0 Å². The van der Waals surface area contributed by atoms with Crippen molar-refractivity contribution in [2.75, 3.05) is 12.8 Å². The Bertz CT molecular complexity index is 662. The average molecular weight is 287 g/mol. The maximum Gasteiger partial charge on any atom is 0.274 e. The summed E-state index contributed by atoms with van der Waals surface area (Å²) in [7, 11) is 3.48. The van der Waals surface area contributed by atoms with Crippen molar-refractivity contribution < 1.29 is 4.79 Å². The molecule has 2 N–H and O–H groups in total. The summed E-state index contributed by atoms with van der Waals surface area (Å²) >= 11 is 0. The zero-order valence-corrected chi connectivity index (χ0v) is 12.9. The number of hydrogen-bond acceptors (Lipinski definition) is 4. The van der Waals surface area contributed by atoms with Crippen LogP contribution in [0.3, 0.4) is 0 Å². The van der Waals surface area contributed by atoms with Crippen LogP contribution in [-0.4, -0.2) is 32.6 Å². The number of nitrogens with two attached hydrogens (primary N) is 1. The Morgan fingerprint density at radius 2 is 2.14 bits per heavy atom. The van der Waals surface area contributed by atoms with E-state index in [2.05, 4.69) is 10.1 Å². The number of aromatic nitrogens is 3. The molecule has 0 aromatic carbocycles. The van der Waals surface area contributed by atoms with E-state index in [-0.39, 0.29) is 5.91 Å². The zero-order chi connectivity index (χ0) is 15.6. The van der Waals surface area contributed by atoms with Gasteiger partial charge in [0, 0.05) is 19.8 Å². The third-order valence-electron chi connectivity index (χ3n) is 3.39. The van der Waals surface area contributed by atoms with Crippen LogP contribution in [0.15, 0.2) is 18.2 Å². The molecule has 112 valence electrons. The lowest BCUT2D eigenvalue weighted by atomic mass is 10.2. The van der Waals surface area contributed by atoms with Crippen molar-refractivity contribution in [1.82, 2.24) is 19.7 Å². The first-order valence-corrected chi connectivity index (χ1v) is 6.93. The summed E-state index contributed by atoms with van der Waals surface area (Å²) in [4.78, 5) is 18.6. The van der Waals surface area contributed by atoms with Crippen LogP contribution in [0.25, 0.3) is 0 Å². The van der Waals surface area contributed by atoms with E-state index < -0.39 is 0 Å². The molecule has 2 heterocycles. The highest BCUT2D eigenvalue weighted by atomic mass is 16.2. The van der Waals surface area contributed by atoms with E-state index in [1.165, 1.54) is 0 Å². The molecule has 0 aliphatic heterocycles. The van der Waals surface area contributed by atoms with Crippen molar-refractivity contribution in [1.29, 1.82) is 0 Å². The fraction of sp³-hybridized carbons (Fsp3) is 0.400. The molecule has 6 heteroatoms. The van der Waals surface area contributed by atoms with E-state index >= 15 is 0 Å². The minimum Gasteiger partial charge on any atom is -0.395 e. The van der Waals surface area contributed by atoms with Crippen LogP contribution < -0.4 is 5.73 Å². The van der Waals surface area contributed by atoms with Gasteiger partial charge >= 0.3 is 0 Å². The highest BCUT2D eigenvalue weighted by Crippen LogP contribution is 2.19. The molecule has 0 spiro atoms. The smallest absolute Gasteiger partial charge is 0.274 e. The van der Waals surface area contributed by atoms with E-state index in [1.54, 1.807) is 23.7 Å². The second-order valence-electron chi connectivity index (χ2n) is 5.12. The SMILES string of the molecule is CCc1nn(C)c(C(=O)N(C)Cc2cccc(C)n2)c1N. The number of amides is 1. The first-order valence-electron chi connectivity index (χ1n) is 6.93. The van der Waals surface area contributed by atoms with Crippen molar-refractivity contribution in [3.05, 3.63) is 41.0 Å². The van der Waals surface area contributed by atoms with Crippen molar-refractivity contribution in [2.24, 2.45) is 7.05 Å². The molecule has 6 nitrogen and oxygen atoms in total. The lowest BCUT2D eigenvalue weighted by molar-refractivity contribution is 0.0773. The molecule has 0 aliphatic rings. The van der Waals surface area contributed by atoms with Gasteiger partial charge in [0.15, 0.2) is 0 Å². The number of rotatable bonds is 4. The second-order valence-corrected chi connectivity index (χ2v) is 5.12. The Labute approximate surface area is 124 Å². The molecule has 0 fully saturated rings. The van der Waals surface area contributed by atoms with E-state index in [1.807, 2.05) is 32.0 Å². The Balaban J connectivity index is 2.22. The van der Waals surface area contributed by atoms with Gasteiger partial charge in [0.05, 0.1) is 23.6 Å².